The third kappa shape index (κ3) is 3.05. The van der Waals surface area contributed by atoms with E-state index in [1.165, 1.54) is 24.3 Å². The normalized spacial score (nSPS) is 10.3. The molecule has 1 amide bonds. The van der Waals surface area contributed by atoms with Gasteiger partial charge in [0.05, 0.1) is 21.4 Å². The van der Waals surface area contributed by atoms with E-state index < -0.39 is 11.7 Å². The molecule has 6 heteroatoms. The van der Waals surface area contributed by atoms with Crippen molar-refractivity contribution in [3.05, 3.63) is 57.3 Å². The predicted octanol–water partition coefficient (Wildman–Crippen LogP) is 4.08. The van der Waals surface area contributed by atoms with Crippen LogP contribution in [0.25, 0.3) is 0 Å². The summed E-state index contributed by atoms with van der Waals surface area (Å²) < 4.78 is 13.5. The summed E-state index contributed by atoms with van der Waals surface area (Å²) in [6.07, 6.45) is 0. The molecule has 0 radical (unpaired) electrons. The smallest absolute Gasteiger partial charge is 0.256 e. The Morgan fingerprint density at radius 1 is 1.32 bits per heavy atom. The maximum atomic E-state index is 13.3. The molecule has 2 aromatic rings. The van der Waals surface area contributed by atoms with Gasteiger partial charge < -0.3 is 11.1 Å². The van der Waals surface area contributed by atoms with Crippen molar-refractivity contribution in [3.63, 3.8) is 0 Å². The number of carbonyl (C=O) groups excluding carboxylic acids is 1. The van der Waals surface area contributed by atoms with E-state index in [2.05, 4.69) is 21.2 Å². The van der Waals surface area contributed by atoms with E-state index in [1.54, 1.807) is 12.1 Å². The zero-order chi connectivity index (χ0) is 14.0. The van der Waals surface area contributed by atoms with E-state index >= 15 is 0 Å². The highest BCUT2D eigenvalue weighted by Crippen LogP contribution is 2.25. The van der Waals surface area contributed by atoms with Crippen LogP contribution in [-0.2, 0) is 0 Å². The molecule has 0 bridgehead atoms. The van der Waals surface area contributed by atoms with Gasteiger partial charge in [0.1, 0.15) is 5.82 Å². The first-order valence-electron chi connectivity index (χ1n) is 5.29. The molecule has 0 heterocycles. The fourth-order valence-electron chi connectivity index (χ4n) is 1.51. The maximum absolute atomic E-state index is 13.3. The van der Waals surface area contributed by atoms with Gasteiger partial charge in [0, 0.05) is 5.02 Å². The Morgan fingerprint density at radius 2 is 2.05 bits per heavy atom. The van der Waals surface area contributed by atoms with Crippen LogP contribution in [0.1, 0.15) is 10.4 Å². The Balaban J connectivity index is 2.31. The third-order valence-corrected chi connectivity index (χ3v) is 3.50. The third-order valence-electron chi connectivity index (χ3n) is 2.46. The van der Waals surface area contributed by atoms with Gasteiger partial charge in [-0.2, -0.15) is 0 Å². The maximum Gasteiger partial charge on any atom is 0.256 e. The van der Waals surface area contributed by atoms with Crippen LogP contribution in [0, 0.1) is 5.82 Å². The zero-order valence-electron chi connectivity index (χ0n) is 9.58. The van der Waals surface area contributed by atoms with Crippen LogP contribution in [0.3, 0.4) is 0 Å². The van der Waals surface area contributed by atoms with E-state index in [1.807, 2.05) is 0 Å². The minimum Gasteiger partial charge on any atom is -0.397 e. The van der Waals surface area contributed by atoms with Gasteiger partial charge in [-0.25, -0.2) is 4.39 Å². The zero-order valence-corrected chi connectivity index (χ0v) is 11.9. The second-order valence-corrected chi connectivity index (χ2v) is 5.02. The summed E-state index contributed by atoms with van der Waals surface area (Å²) in [5.41, 5.74) is 6.67. The van der Waals surface area contributed by atoms with Crippen LogP contribution in [0.4, 0.5) is 15.8 Å². The molecule has 0 fully saturated rings. The van der Waals surface area contributed by atoms with Crippen molar-refractivity contribution < 1.29 is 9.18 Å². The number of nitrogen functional groups attached to an aromatic ring is 1. The van der Waals surface area contributed by atoms with Crippen molar-refractivity contribution in [1.82, 2.24) is 0 Å². The topological polar surface area (TPSA) is 55.1 Å². The van der Waals surface area contributed by atoms with E-state index in [0.29, 0.717) is 16.4 Å². The van der Waals surface area contributed by atoms with Crippen molar-refractivity contribution >= 4 is 44.8 Å². The van der Waals surface area contributed by atoms with E-state index in [9.17, 15) is 9.18 Å². The van der Waals surface area contributed by atoms with Crippen LogP contribution >= 0.6 is 27.5 Å². The summed E-state index contributed by atoms with van der Waals surface area (Å²) >= 11 is 8.86. The van der Waals surface area contributed by atoms with Crippen molar-refractivity contribution in [2.45, 2.75) is 0 Å². The fraction of sp³-hybridized carbons (Fsp3) is 0. The van der Waals surface area contributed by atoms with E-state index in [-0.39, 0.29) is 10.0 Å². The molecule has 3 N–H and O–H groups in total. The molecule has 0 saturated heterocycles. The lowest BCUT2D eigenvalue weighted by Gasteiger charge is -2.10. The Labute approximate surface area is 122 Å². The van der Waals surface area contributed by atoms with Gasteiger partial charge in [-0.1, -0.05) is 17.7 Å². The first-order valence-corrected chi connectivity index (χ1v) is 6.46. The number of hydrogen-bond donors (Lipinski definition) is 2. The van der Waals surface area contributed by atoms with Crippen molar-refractivity contribution in [1.29, 1.82) is 0 Å². The minimum atomic E-state index is -0.508. The Bertz CT molecular complexity index is 649. The van der Waals surface area contributed by atoms with Gasteiger partial charge >= 0.3 is 0 Å². The van der Waals surface area contributed by atoms with Crippen molar-refractivity contribution in [3.8, 4) is 0 Å². The lowest BCUT2D eigenvalue weighted by Crippen LogP contribution is -2.14. The molecule has 19 heavy (non-hydrogen) atoms. The van der Waals surface area contributed by atoms with Crippen LogP contribution in [0.5, 0.6) is 0 Å². The van der Waals surface area contributed by atoms with Gasteiger partial charge in [0.25, 0.3) is 5.91 Å². The Morgan fingerprint density at radius 3 is 2.79 bits per heavy atom. The summed E-state index contributed by atoms with van der Waals surface area (Å²) in [5, 5.41) is 3.04. The average molecular weight is 344 g/mol. The van der Waals surface area contributed by atoms with Gasteiger partial charge in [0.2, 0.25) is 0 Å². The Hall–Kier alpha value is -1.59. The molecule has 0 unspecified atom stereocenters. The lowest BCUT2D eigenvalue weighted by atomic mass is 10.2. The summed E-state index contributed by atoms with van der Waals surface area (Å²) in [7, 11) is 0. The number of nitrogens with two attached hydrogens (primary N) is 1. The number of amides is 1. The molecule has 0 spiro atoms. The number of benzene rings is 2. The molecule has 0 saturated carbocycles. The summed E-state index contributed by atoms with van der Waals surface area (Å²) in [6.45, 7) is 0. The van der Waals surface area contributed by atoms with Gasteiger partial charge in [0.15, 0.2) is 0 Å². The highest BCUT2D eigenvalue weighted by atomic mass is 79.9. The van der Waals surface area contributed by atoms with Crippen LogP contribution < -0.4 is 11.1 Å². The van der Waals surface area contributed by atoms with Crippen LogP contribution in [-0.4, -0.2) is 5.91 Å². The quantitative estimate of drug-likeness (QED) is 0.807. The van der Waals surface area contributed by atoms with Gasteiger partial charge in [-0.05, 0) is 46.3 Å². The fourth-order valence-corrected chi connectivity index (χ4v) is 2.12. The molecular weight excluding hydrogens is 335 g/mol. The Kier molecular flexibility index (Phi) is 4.07. The van der Waals surface area contributed by atoms with Crippen molar-refractivity contribution in [2.24, 2.45) is 0 Å². The highest BCUT2D eigenvalue weighted by molar-refractivity contribution is 9.10. The largest absolute Gasteiger partial charge is 0.397 e. The minimum absolute atomic E-state index is 0.105. The monoisotopic (exact) mass is 342 g/mol. The highest BCUT2D eigenvalue weighted by Gasteiger charge is 2.14. The number of hydrogen-bond acceptors (Lipinski definition) is 2. The first kappa shape index (κ1) is 13.8. The summed E-state index contributed by atoms with van der Waals surface area (Å²) in [5.74, 6) is -0.980. The van der Waals surface area contributed by atoms with E-state index in [0.717, 1.165) is 0 Å². The second kappa shape index (κ2) is 5.59. The number of anilines is 2. The van der Waals surface area contributed by atoms with Gasteiger partial charge in [-0.15, -0.1) is 0 Å². The SMILES string of the molecule is Nc1ccc(Cl)cc1NC(=O)c1cccc(F)c1Br. The number of rotatable bonds is 2. The number of nitrogens with one attached hydrogen (secondary N) is 1. The molecular formula is C13H9BrClFN2O. The lowest BCUT2D eigenvalue weighted by molar-refractivity contribution is 0.102. The molecule has 0 atom stereocenters. The summed E-state index contributed by atoms with van der Waals surface area (Å²) in [4.78, 5) is 12.0. The molecule has 0 aliphatic heterocycles. The molecule has 2 rings (SSSR count). The average Bonchev–Trinajstić information content (AvgIpc) is 2.37. The van der Waals surface area contributed by atoms with E-state index in [4.69, 9.17) is 17.3 Å². The molecule has 0 aromatic heterocycles. The second-order valence-electron chi connectivity index (χ2n) is 3.79. The number of halogens is 3. The molecule has 0 aliphatic carbocycles. The first-order chi connectivity index (χ1) is 8.99. The molecule has 2 aromatic carbocycles. The standard InChI is InChI=1S/C13H9BrClFN2O/c14-12-8(2-1-3-9(12)16)13(19)18-11-6-7(15)4-5-10(11)17/h1-6H,17H2,(H,18,19). The molecule has 0 aliphatic rings. The predicted molar refractivity (Wildman–Crippen MR) is 77.9 cm³/mol. The van der Waals surface area contributed by atoms with Crippen molar-refractivity contribution in [2.75, 3.05) is 11.1 Å². The summed E-state index contributed by atoms with van der Waals surface area (Å²) in [6, 6.07) is 8.94. The van der Waals surface area contributed by atoms with Crippen LogP contribution in [0.2, 0.25) is 5.02 Å². The molecule has 3 nitrogen and oxygen atoms in total. The number of carbonyl (C=O) groups is 1. The van der Waals surface area contributed by atoms with Gasteiger partial charge in [-0.3, -0.25) is 4.79 Å². The molecule has 98 valence electrons. The van der Waals surface area contributed by atoms with Crippen LogP contribution in [0.15, 0.2) is 40.9 Å².